The normalized spacial score (nSPS) is 14.2. The fraction of sp³-hybridized carbons (Fsp3) is 0.381. The number of carbonyl (C=O) groups excluding carboxylic acids is 2. The van der Waals surface area contributed by atoms with Crippen molar-refractivity contribution < 1.29 is 9.59 Å². The Bertz CT molecular complexity index is 799. The highest BCUT2D eigenvalue weighted by atomic mass is 16.2. The van der Waals surface area contributed by atoms with Crippen molar-refractivity contribution in [3.8, 4) is 0 Å². The molecule has 1 atom stereocenters. The van der Waals surface area contributed by atoms with Crippen molar-refractivity contribution in [1.29, 1.82) is 0 Å². The van der Waals surface area contributed by atoms with Crippen LogP contribution < -0.4 is 10.6 Å². The third-order valence-corrected chi connectivity index (χ3v) is 4.85. The predicted octanol–water partition coefficient (Wildman–Crippen LogP) is 3.47. The maximum Gasteiger partial charge on any atom is 0.314 e. The van der Waals surface area contributed by atoms with Gasteiger partial charge in [0.05, 0.1) is 6.04 Å². The van der Waals surface area contributed by atoms with Crippen LogP contribution in [0, 0.1) is 6.92 Å². The molecule has 0 spiro atoms. The molecule has 1 aromatic heterocycles. The van der Waals surface area contributed by atoms with Crippen LogP contribution in [0.4, 0.5) is 5.82 Å². The summed E-state index contributed by atoms with van der Waals surface area (Å²) in [5.41, 5.74) is 4.83. The van der Waals surface area contributed by atoms with Crippen molar-refractivity contribution in [3.05, 3.63) is 58.8 Å². The first-order valence-electron chi connectivity index (χ1n) is 9.23. The number of fused-ring (bicyclic) bond motifs is 1. The number of hydrogen-bond acceptors (Lipinski definition) is 3. The Morgan fingerprint density at radius 1 is 1.08 bits per heavy atom. The first kappa shape index (κ1) is 18.1. The van der Waals surface area contributed by atoms with E-state index in [2.05, 4.69) is 33.8 Å². The SMILES string of the molecule is CCC(NC(=O)C(=O)Nc1ccc(C)cn1)c1ccc2c(c1)CCCC2. The van der Waals surface area contributed by atoms with Gasteiger partial charge in [-0.15, -0.1) is 0 Å². The zero-order chi connectivity index (χ0) is 18.5. The highest BCUT2D eigenvalue weighted by Gasteiger charge is 2.20. The van der Waals surface area contributed by atoms with Gasteiger partial charge in [-0.25, -0.2) is 4.98 Å². The molecule has 1 aliphatic rings. The highest BCUT2D eigenvalue weighted by molar-refractivity contribution is 6.39. The quantitative estimate of drug-likeness (QED) is 0.829. The predicted molar refractivity (Wildman–Crippen MR) is 102 cm³/mol. The van der Waals surface area contributed by atoms with Gasteiger partial charge in [-0.2, -0.15) is 0 Å². The summed E-state index contributed by atoms with van der Waals surface area (Å²) in [4.78, 5) is 28.5. The Balaban J connectivity index is 1.66. The smallest absolute Gasteiger partial charge is 0.314 e. The minimum Gasteiger partial charge on any atom is -0.341 e. The summed E-state index contributed by atoms with van der Waals surface area (Å²) in [5, 5.41) is 5.38. The van der Waals surface area contributed by atoms with E-state index in [1.807, 2.05) is 19.9 Å². The lowest BCUT2D eigenvalue weighted by Crippen LogP contribution is -2.37. The van der Waals surface area contributed by atoms with Crippen molar-refractivity contribution in [3.63, 3.8) is 0 Å². The van der Waals surface area contributed by atoms with Crippen molar-refractivity contribution in [1.82, 2.24) is 10.3 Å². The van der Waals surface area contributed by atoms with E-state index in [0.717, 1.165) is 30.4 Å². The van der Waals surface area contributed by atoms with Crippen molar-refractivity contribution >= 4 is 17.6 Å². The zero-order valence-corrected chi connectivity index (χ0v) is 15.3. The number of carbonyl (C=O) groups is 2. The molecule has 0 saturated carbocycles. The van der Waals surface area contributed by atoms with Crippen LogP contribution in [0.2, 0.25) is 0 Å². The molecular weight excluding hydrogens is 326 g/mol. The molecule has 0 bridgehead atoms. The van der Waals surface area contributed by atoms with E-state index >= 15 is 0 Å². The number of anilines is 1. The molecule has 1 aromatic carbocycles. The lowest BCUT2D eigenvalue weighted by molar-refractivity contribution is -0.136. The molecule has 1 aliphatic carbocycles. The van der Waals surface area contributed by atoms with Gasteiger partial charge in [0, 0.05) is 6.20 Å². The zero-order valence-electron chi connectivity index (χ0n) is 15.3. The number of nitrogens with one attached hydrogen (secondary N) is 2. The number of amides is 2. The molecule has 2 aromatic rings. The highest BCUT2D eigenvalue weighted by Crippen LogP contribution is 2.26. The molecule has 0 saturated heterocycles. The van der Waals surface area contributed by atoms with Crippen LogP contribution in [-0.4, -0.2) is 16.8 Å². The third-order valence-electron chi connectivity index (χ3n) is 4.85. The molecule has 2 N–H and O–H groups in total. The number of aromatic nitrogens is 1. The fourth-order valence-electron chi connectivity index (χ4n) is 3.33. The Kier molecular flexibility index (Phi) is 5.66. The Morgan fingerprint density at radius 2 is 1.85 bits per heavy atom. The van der Waals surface area contributed by atoms with Crippen LogP contribution in [0.3, 0.4) is 0 Å². The van der Waals surface area contributed by atoms with Crippen LogP contribution >= 0.6 is 0 Å². The van der Waals surface area contributed by atoms with Gasteiger partial charge in [0.25, 0.3) is 0 Å². The third kappa shape index (κ3) is 4.28. The van der Waals surface area contributed by atoms with Gasteiger partial charge in [-0.05, 0) is 67.3 Å². The maximum atomic E-state index is 12.3. The van der Waals surface area contributed by atoms with Crippen LogP contribution in [0.25, 0.3) is 0 Å². The first-order chi connectivity index (χ1) is 12.6. The molecule has 1 heterocycles. The van der Waals surface area contributed by atoms with E-state index in [0.29, 0.717) is 5.82 Å². The van der Waals surface area contributed by atoms with E-state index in [4.69, 9.17) is 0 Å². The summed E-state index contributed by atoms with van der Waals surface area (Å²) in [5.74, 6) is -0.965. The van der Waals surface area contributed by atoms with Crippen molar-refractivity contribution in [2.75, 3.05) is 5.32 Å². The van der Waals surface area contributed by atoms with E-state index in [9.17, 15) is 9.59 Å². The lowest BCUT2D eigenvalue weighted by atomic mass is 9.89. The van der Waals surface area contributed by atoms with Crippen LogP contribution in [0.15, 0.2) is 36.5 Å². The van der Waals surface area contributed by atoms with Gasteiger partial charge in [0.2, 0.25) is 0 Å². The summed E-state index contributed by atoms with van der Waals surface area (Å²) >= 11 is 0. The fourth-order valence-corrected chi connectivity index (χ4v) is 3.33. The van der Waals surface area contributed by atoms with E-state index < -0.39 is 11.8 Å². The summed E-state index contributed by atoms with van der Waals surface area (Å²) in [6, 6.07) is 9.76. The second-order valence-electron chi connectivity index (χ2n) is 6.84. The molecule has 0 aliphatic heterocycles. The summed E-state index contributed by atoms with van der Waals surface area (Å²) < 4.78 is 0. The molecule has 5 heteroatoms. The molecule has 3 rings (SSSR count). The number of rotatable bonds is 4. The maximum absolute atomic E-state index is 12.3. The number of pyridine rings is 1. The summed E-state index contributed by atoms with van der Waals surface area (Å²) in [6.07, 6.45) is 7.05. The summed E-state index contributed by atoms with van der Waals surface area (Å²) in [7, 11) is 0. The second-order valence-corrected chi connectivity index (χ2v) is 6.84. The molecule has 26 heavy (non-hydrogen) atoms. The standard InChI is InChI=1S/C21H25N3O2/c1-3-18(17-10-9-15-6-4-5-7-16(15)12-17)23-20(25)21(26)24-19-11-8-14(2)13-22-19/h8-13,18H,3-7H2,1-2H3,(H,23,25)(H,22,24,26). The van der Waals surface area contributed by atoms with E-state index in [1.165, 1.54) is 24.0 Å². The van der Waals surface area contributed by atoms with Crippen molar-refractivity contribution in [2.45, 2.75) is 52.0 Å². The van der Waals surface area contributed by atoms with Crippen LogP contribution in [-0.2, 0) is 22.4 Å². The molecule has 2 amide bonds. The molecule has 5 nitrogen and oxygen atoms in total. The number of aryl methyl sites for hydroxylation is 3. The van der Waals surface area contributed by atoms with Gasteiger partial charge in [0.15, 0.2) is 0 Å². The average Bonchev–Trinajstić information content (AvgIpc) is 2.67. The number of nitrogens with zero attached hydrogens (tertiary/aromatic N) is 1. The Hall–Kier alpha value is -2.69. The van der Waals surface area contributed by atoms with E-state index in [-0.39, 0.29) is 6.04 Å². The Morgan fingerprint density at radius 3 is 2.54 bits per heavy atom. The van der Waals surface area contributed by atoms with Gasteiger partial charge in [-0.1, -0.05) is 31.2 Å². The first-order valence-corrected chi connectivity index (χ1v) is 9.23. The minimum atomic E-state index is -0.697. The molecule has 1 unspecified atom stereocenters. The number of hydrogen-bond donors (Lipinski definition) is 2. The van der Waals surface area contributed by atoms with Crippen LogP contribution in [0.5, 0.6) is 0 Å². The minimum absolute atomic E-state index is 0.175. The lowest BCUT2D eigenvalue weighted by Gasteiger charge is -2.21. The Labute approximate surface area is 154 Å². The molecule has 136 valence electrons. The van der Waals surface area contributed by atoms with E-state index in [1.54, 1.807) is 12.3 Å². The number of benzene rings is 1. The van der Waals surface area contributed by atoms with Crippen molar-refractivity contribution in [2.24, 2.45) is 0 Å². The topological polar surface area (TPSA) is 71.1 Å². The van der Waals surface area contributed by atoms with Gasteiger partial charge >= 0.3 is 11.8 Å². The second kappa shape index (κ2) is 8.13. The molecular formula is C21H25N3O2. The monoisotopic (exact) mass is 351 g/mol. The van der Waals surface area contributed by atoms with Crippen LogP contribution in [0.1, 0.15) is 54.5 Å². The molecule has 0 radical (unpaired) electrons. The molecule has 0 fully saturated rings. The van der Waals surface area contributed by atoms with Gasteiger partial charge in [0.1, 0.15) is 5.82 Å². The largest absolute Gasteiger partial charge is 0.341 e. The average molecular weight is 351 g/mol. The van der Waals surface area contributed by atoms with Gasteiger partial charge in [-0.3, -0.25) is 9.59 Å². The summed E-state index contributed by atoms with van der Waals surface area (Å²) in [6.45, 7) is 3.92. The van der Waals surface area contributed by atoms with Gasteiger partial charge < -0.3 is 10.6 Å².